The average molecular weight is 297 g/mol. The van der Waals surface area contributed by atoms with Gasteiger partial charge < -0.3 is 15.2 Å². The molecule has 2 N–H and O–H groups in total. The van der Waals surface area contributed by atoms with E-state index in [1.165, 1.54) is 25.6 Å². The van der Waals surface area contributed by atoms with E-state index in [0.29, 0.717) is 5.75 Å². The van der Waals surface area contributed by atoms with Crippen molar-refractivity contribution in [1.82, 2.24) is 5.32 Å². The lowest BCUT2D eigenvalue weighted by Gasteiger charge is -2.20. The molecule has 0 unspecified atom stereocenters. The maximum absolute atomic E-state index is 11.6. The lowest BCUT2D eigenvalue weighted by Crippen LogP contribution is -2.49. The molecule has 0 heterocycles. The predicted octanol–water partition coefficient (Wildman–Crippen LogP) is 2.16. The first-order valence-electron chi connectivity index (χ1n) is 6.16. The van der Waals surface area contributed by atoms with Crippen LogP contribution in [0.2, 0.25) is 0 Å². The summed E-state index contributed by atoms with van der Waals surface area (Å²) in [5.41, 5.74) is -1.23. The number of methoxy groups -OCH3 is 1. The van der Waals surface area contributed by atoms with Gasteiger partial charge in [0, 0.05) is 17.1 Å². The Labute approximate surface area is 122 Å². The SMILES string of the molecule is COc1ccc(SCCC(=O)NC(C)(C)C(=O)O)cc1. The van der Waals surface area contributed by atoms with Gasteiger partial charge in [-0.1, -0.05) is 0 Å². The van der Waals surface area contributed by atoms with Gasteiger partial charge in [-0.3, -0.25) is 4.79 Å². The topological polar surface area (TPSA) is 75.6 Å². The number of benzene rings is 1. The van der Waals surface area contributed by atoms with Gasteiger partial charge in [-0.15, -0.1) is 11.8 Å². The normalized spacial score (nSPS) is 10.9. The molecule has 0 saturated heterocycles. The highest BCUT2D eigenvalue weighted by atomic mass is 32.2. The molecule has 1 rings (SSSR count). The summed E-state index contributed by atoms with van der Waals surface area (Å²) in [7, 11) is 1.61. The van der Waals surface area contributed by atoms with E-state index in [1.807, 2.05) is 24.3 Å². The molecule has 0 aliphatic heterocycles. The summed E-state index contributed by atoms with van der Waals surface area (Å²) in [5.74, 6) is 0.0655. The summed E-state index contributed by atoms with van der Waals surface area (Å²) >= 11 is 1.54. The molecule has 6 heteroatoms. The third kappa shape index (κ3) is 5.13. The van der Waals surface area contributed by atoms with Crippen LogP contribution in [0.3, 0.4) is 0 Å². The summed E-state index contributed by atoms with van der Waals surface area (Å²) in [4.78, 5) is 23.6. The van der Waals surface area contributed by atoms with E-state index in [9.17, 15) is 9.59 Å². The number of rotatable bonds is 7. The van der Waals surface area contributed by atoms with Crippen molar-refractivity contribution < 1.29 is 19.4 Å². The van der Waals surface area contributed by atoms with Gasteiger partial charge in [0.2, 0.25) is 5.91 Å². The minimum atomic E-state index is -1.23. The number of carboxylic acids is 1. The zero-order valence-electron chi connectivity index (χ0n) is 11.8. The highest BCUT2D eigenvalue weighted by Crippen LogP contribution is 2.21. The van der Waals surface area contributed by atoms with Crippen LogP contribution in [0, 0.1) is 0 Å². The van der Waals surface area contributed by atoms with E-state index in [4.69, 9.17) is 9.84 Å². The number of amides is 1. The van der Waals surface area contributed by atoms with Gasteiger partial charge in [0.25, 0.3) is 0 Å². The highest BCUT2D eigenvalue weighted by Gasteiger charge is 2.28. The van der Waals surface area contributed by atoms with Crippen molar-refractivity contribution in [3.05, 3.63) is 24.3 Å². The molecule has 5 nitrogen and oxygen atoms in total. The molecule has 1 aromatic carbocycles. The number of carbonyl (C=O) groups excluding carboxylic acids is 1. The molecule has 1 aromatic rings. The van der Waals surface area contributed by atoms with Crippen LogP contribution in [0.5, 0.6) is 5.75 Å². The smallest absolute Gasteiger partial charge is 0.328 e. The van der Waals surface area contributed by atoms with Crippen molar-refractivity contribution in [2.75, 3.05) is 12.9 Å². The molecule has 1 amide bonds. The van der Waals surface area contributed by atoms with E-state index in [1.54, 1.807) is 7.11 Å². The Balaban J connectivity index is 2.36. The molecule has 0 atom stereocenters. The monoisotopic (exact) mass is 297 g/mol. The highest BCUT2D eigenvalue weighted by molar-refractivity contribution is 7.99. The van der Waals surface area contributed by atoms with E-state index in [0.717, 1.165) is 10.6 Å². The second kappa shape index (κ2) is 7.19. The predicted molar refractivity (Wildman–Crippen MR) is 78.2 cm³/mol. The second-order valence-electron chi connectivity index (χ2n) is 4.75. The van der Waals surface area contributed by atoms with Crippen LogP contribution >= 0.6 is 11.8 Å². The van der Waals surface area contributed by atoms with E-state index in [2.05, 4.69) is 5.32 Å². The first-order chi connectivity index (χ1) is 9.35. The summed E-state index contributed by atoms with van der Waals surface area (Å²) in [6.07, 6.45) is 0.271. The van der Waals surface area contributed by atoms with Crippen molar-refractivity contribution in [3.8, 4) is 5.75 Å². The number of carbonyl (C=O) groups is 2. The summed E-state index contributed by atoms with van der Waals surface area (Å²) < 4.78 is 5.06. The Bertz CT molecular complexity index is 471. The molecular formula is C14H19NO4S. The Morgan fingerprint density at radius 3 is 2.40 bits per heavy atom. The van der Waals surface area contributed by atoms with Crippen LogP contribution in [0.15, 0.2) is 29.2 Å². The number of aliphatic carboxylic acids is 1. The van der Waals surface area contributed by atoms with Gasteiger partial charge >= 0.3 is 5.97 Å². The molecule has 0 aliphatic rings. The lowest BCUT2D eigenvalue weighted by atomic mass is 10.1. The quantitative estimate of drug-likeness (QED) is 0.754. The van der Waals surface area contributed by atoms with Crippen molar-refractivity contribution in [1.29, 1.82) is 0 Å². The van der Waals surface area contributed by atoms with E-state index < -0.39 is 11.5 Å². The average Bonchev–Trinajstić information content (AvgIpc) is 2.38. The maximum atomic E-state index is 11.6. The minimum Gasteiger partial charge on any atom is -0.497 e. The number of hydrogen-bond donors (Lipinski definition) is 2. The third-order valence-electron chi connectivity index (χ3n) is 2.64. The fraction of sp³-hybridized carbons (Fsp3) is 0.429. The van der Waals surface area contributed by atoms with Gasteiger partial charge in [0.1, 0.15) is 11.3 Å². The Morgan fingerprint density at radius 1 is 1.30 bits per heavy atom. The van der Waals surface area contributed by atoms with E-state index in [-0.39, 0.29) is 12.3 Å². The fourth-order valence-corrected chi connectivity index (χ4v) is 2.25. The fourth-order valence-electron chi connectivity index (χ4n) is 1.40. The Hall–Kier alpha value is -1.69. The number of nitrogens with one attached hydrogen (secondary N) is 1. The van der Waals surface area contributed by atoms with Crippen LogP contribution in [0.4, 0.5) is 0 Å². The second-order valence-corrected chi connectivity index (χ2v) is 5.92. The molecule has 0 radical (unpaired) electrons. The number of hydrogen-bond acceptors (Lipinski definition) is 4. The molecular weight excluding hydrogens is 278 g/mol. The summed E-state index contributed by atoms with van der Waals surface area (Å²) in [6.45, 7) is 2.92. The van der Waals surface area contributed by atoms with Gasteiger partial charge in [-0.2, -0.15) is 0 Å². The van der Waals surface area contributed by atoms with Gasteiger partial charge in [0.15, 0.2) is 0 Å². The molecule has 0 aromatic heterocycles. The largest absolute Gasteiger partial charge is 0.497 e. The third-order valence-corrected chi connectivity index (χ3v) is 3.66. The first kappa shape index (κ1) is 16.4. The molecule has 20 heavy (non-hydrogen) atoms. The lowest BCUT2D eigenvalue weighted by molar-refractivity contribution is -0.145. The van der Waals surface area contributed by atoms with Crippen molar-refractivity contribution in [3.63, 3.8) is 0 Å². The van der Waals surface area contributed by atoms with Crippen molar-refractivity contribution >= 4 is 23.6 Å². The van der Waals surface area contributed by atoms with Crippen LogP contribution in [0.25, 0.3) is 0 Å². The molecule has 110 valence electrons. The molecule has 0 spiro atoms. The molecule has 0 bridgehead atoms. The molecule has 0 aliphatic carbocycles. The molecule has 0 saturated carbocycles. The van der Waals surface area contributed by atoms with Gasteiger partial charge in [-0.25, -0.2) is 4.79 Å². The first-order valence-corrected chi connectivity index (χ1v) is 7.15. The standard InChI is InChI=1S/C14H19NO4S/c1-14(2,13(17)18)15-12(16)8-9-20-11-6-4-10(19-3)5-7-11/h4-7H,8-9H2,1-3H3,(H,15,16)(H,17,18). The summed E-state index contributed by atoms with van der Waals surface area (Å²) in [5, 5.41) is 11.4. The van der Waals surface area contributed by atoms with Crippen molar-refractivity contribution in [2.45, 2.75) is 30.7 Å². The van der Waals surface area contributed by atoms with Gasteiger partial charge in [-0.05, 0) is 38.1 Å². The zero-order chi connectivity index (χ0) is 15.2. The maximum Gasteiger partial charge on any atom is 0.328 e. The number of thioether (sulfide) groups is 1. The molecule has 0 fully saturated rings. The minimum absolute atomic E-state index is 0.265. The van der Waals surface area contributed by atoms with Crippen LogP contribution in [0.1, 0.15) is 20.3 Å². The summed E-state index contributed by atoms with van der Waals surface area (Å²) in [6, 6.07) is 7.55. The van der Waals surface area contributed by atoms with Gasteiger partial charge in [0.05, 0.1) is 7.11 Å². The van der Waals surface area contributed by atoms with E-state index >= 15 is 0 Å². The zero-order valence-corrected chi connectivity index (χ0v) is 12.6. The number of carboxylic acid groups (broad SMARTS) is 1. The number of ether oxygens (including phenoxy) is 1. The van der Waals surface area contributed by atoms with Crippen LogP contribution in [-0.2, 0) is 9.59 Å². The Kier molecular flexibility index (Phi) is 5.88. The Morgan fingerprint density at radius 2 is 1.90 bits per heavy atom. The van der Waals surface area contributed by atoms with Crippen molar-refractivity contribution in [2.24, 2.45) is 0 Å². The van der Waals surface area contributed by atoms with Crippen LogP contribution < -0.4 is 10.1 Å². The van der Waals surface area contributed by atoms with Crippen LogP contribution in [-0.4, -0.2) is 35.4 Å².